The van der Waals surface area contributed by atoms with E-state index < -0.39 is 0 Å². The third-order valence-corrected chi connectivity index (χ3v) is 5.02. The minimum atomic E-state index is 0. The zero-order valence-corrected chi connectivity index (χ0v) is 18.1. The fourth-order valence-corrected chi connectivity index (χ4v) is 3.57. The summed E-state index contributed by atoms with van der Waals surface area (Å²) in [6.45, 7) is 0. The van der Waals surface area contributed by atoms with Crippen LogP contribution >= 0.6 is 12.4 Å². The summed E-state index contributed by atoms with van der Waals surface area (Å²) in [4.78, 5) is 9.27. The van der Waals surface area contributed by atoms with Gasteiger partial charge in [0.1, 0.15) is 5.75 Å². The second kappa shape index (κ2) is 9.09. The Labute approximate surface area is 181 Å². The summed E-state index contributed by atoms with van der Waals surface area (Å²) in [5, 5.41) is 3.25. The first-order valence-electron chi connectivity index (χ1n) is 9.27. The maximum Gasteiger partial charge on any atom is 0.227 e. The van der Waals surface area contributed by atoms with Crippen LogP contribution in [0.2, 0.25) is 0 Å². The van der Waals surface area contributed by atoms with Gasteiger partial charge in [-0.1, -0.05) is 0 Å². The number of hydrogen-bond donors (Lipinski definition) is 1. The van der Waals surface area contributed by atoms with Crippen LogP contribution in [-0.2, 0) is 12.8 Å². The Balaban J connectivity index is 0.00000256. The van der Waals surface area contributed by atoms with E-state index in [0.29, 0.717) is 23.2 Å². The van der Waals surface area contributed by atoms with Crippen LogP contribution in [0.25, 0.3) is 11.3 Å². The smallest absolute Gasteiger partial charge is 0.227 e. The molecule has 158 valence electrons. The molecular weight excluding hydrogens is 406 g/mol. The first-order chi connectivity index (χ1) is 14.2. The summed E-state index contributed by atoms with van der Waals surface area (Å²) < 4.78 is 21.6. The fraction of sp³-hybridized carbons (Fsp3) is 0.273. The summed E-state index contributed by atoms with van der Waals surface area (Å²) in [7, 11) is 6.43. The molecule has 2 aromatic carbocycles. The Hall–Kier alpha value is -3.19. The van der Waals surface area contributed by atoms with Gasteiger partial charge in [0, 0.05) is 29.6 Å². The molecule has 1 aliphatic rings. The molecule has 0 atom stereocenters. The topological polar surface area (TPSA) is 74.7 Å². The lowest BCUT2D eigenvalue weighted by Gasteiger charge is -2.20. The van der Waals surface area contributed by atoms with Gasteiger partial charge in [-0.15, -0.1) is 12.4 Å². The molecule has 0 aliphatic heterocycles. The van der Waals surface area contributed by atoms with Gasteiger partial charge in [-0.3, -0.25) is 0 Å². The molecule has 0 saturated heterocycles. The molecule has 0 spiro atoms. The molecule has 30 heavy (non-hydrogen) atoms. The van der Waals surface area contributed by atoms with Gasteiger partial charge in [-0.05, 0) is 42.2 Å². The van der Waals surface area contributed by atoms with Crippen molar-refractivity contribution >= 4 is 24.0 Å². The number of halogens is 1. The standard InChI is InChI=1S/C22H23N3O4.ClH/c1-26-16-7-8-17-13(9-16)5-6-14-12-23-22(25-20(14)17)24-15-10-18(27-2)21(29-4)19(11-15)28-3;/h7-12H,5-6H2,1-4H3,(H,23,24,25);1H. The van der Waals surface area contributed by atoms with Crippen molar-refractivity contribution in [3.63, 3.8) is 0 Å². The van der Waals surface area contributed by atoms with Gasteiger partial charge in [0.15, 0.2) is 11.5 Å². The third kappa shape index (κ3) is 3.93. The zero-order valence-electron chi connectivity index (χ0n) is 17.3. The second-order valence-electron chi connectivity index (χ2n) is 6.63. The van der Waals surface area contributed by atoms with Crippen LogP contribution in [-0.4, -0.2) is 38.4 Å². The van der Waals surface area contributed by atoms with E-state index in [-0.39, 0.29) is 12.4 Å². The highest BCUT2D eigenvalue weighted by atomic mass is 35.5. The largest absolute Gasteiger partial charge is 0.497 e. The predicted molar refractivity (Wildman–Crippen MR) is 118 cm³/mol. The molecule has 0 radical (unpaired) electrons. The highest BCUT2D eigenvalue weighted by molar-refractivity contribution is 5.85. The summed E-state index contributed by atoms with van der Waals surface area (Å²) >= 11 is 0. The Bertz CT molecular complexity index is 1030. The SMILES string of the molecule is COc1ccc2c(c1)CCc1cnc(Nc3cc(OC)c(OC)c(OC)c3)nc1-2.Cl. The molecule has 0 fully saturated rings. The second-order valence-corrected chi connectivity index (χ2v) is 6.63. The average Bonchev–Trinajstić information content (AvgIpc) is 2.77. The van der Waals surface area contributed by atoms with Crippen LogP contribution in [0.5, 0.6) is 23.0 Å². The number of hydrogen-bond acceptors (Lipinski definition) is 7. The molecule has 0 amide bonds. The molecule has 7 nitrogen and oxygen atoms in total. The Morgan fingerprint density at radius 3 is 2.17 bits per heavy atom. The number of benzene rings is 2. The lowest BCUT2D eigenvalue weighted by atomic mass is 9.90. The van der Waals surface area contributed by atoms with Gasteiger partial charge in [0.2, 0.25) is 11.7 Å². The molecule has 0 unspecified atom stereocenters. The summed E-state index contributed by atoms with van der Waals surface area (Å²) in [5.74, 6) is 3.02. The average molecular weight is 430 g/mol. The van der Waals surface area contributed by atoms with Gasteiger partial charge in [-0.25, -0.2) is 9.97 Å². The van der Waals surface area contributed by atoms with E-state index in [1.54, 1.807) is 28.4 Å². The molecule has 1 aliphatic carbocycles. The molecule has 4 rings (SSSR count). The zero-order chi connectivity index (χ0) is 20.4. The monoisotopic (exact) mass is 429 g/mol. The van der Waals surface area contributed by atoms with Gasteiger partial charge in [0.05, 0.1) is 34.1 Å². The lowest BCUT2D eigenvalue weighted by Crippen LogP contribution is -2.09. The van der Waals surface area contributed by atoms with Crippen molar-refractivity contribution in [2.45, 2.75) is 12.8 Å². The number of nitrogens with one attached hydrogen (secondary N) is 1. The van der Waals surface area contributed by atoms with Crippen molar-refractivity contribution in [2.24, 2.45) is 0 Å². The highest BCUT2D eigenvalue weighted by Crippen LogP contribution is 2.41. The van der Waals surface area contributed by atoms with Crippen LogP contribution in [0.3, 0.4) is 0 Å². The quantitative estimate of drug-likeness (QED) is 0.620. The number of aryl methyl sites for hydroxylation is 2. The number of ether oxygens (including phenoxy) is 4. The van der Waals surface area contributed by atoms with E-state index in [9.17, 15) is 0 Å². The van der Waals surface area contributed by atoms with E-state index in [2.05, 4.69) is 22.4 Å². The summed E-state index contributed by atoms with van der Waals surface area (Å²) in [5.41, 5.74) is 5.17. The maximum absolute atomic E-state index is 5.42. The van der Waals surface area contributed by atoms with Gasteiger partial charge < -0.3 is 24.3 Å². The molecule has 8 heteroatoms. The Morgan fingerprint density at radius 2 is 1.53 bits per heavy atom. The van der Waals surface area contributed by atoms with Crippen LogP contribution < -0.4 is 24.3 Å². The molecule has 0 saturated carbocycles. The van der Waals surface area contributed by atoms with E-state index in [1.807, 2.05) is 24.4 Å². The van der Waals surface area contributed by atoms with Crippen LogP contribution in [0, 0.1) is 0 Å². The maximum atomic E-state index is 5.42. The summed E-state index contributed by atoms with van der Waals surface area (Å²) in [6, 6.07) is 9.74. The highest BCUT2D eigenvalue weighted by Gasteiger charge is 2.20. The number of rotatable bonds is 6. The van der Waals surface area contributed by atoms with Gasteiger partial charge >= 0.3 is 0 Å². The number of fused-ring (bicyclic) bond motifs is 3. The van der Waals surface area contributed by atoms with E-state index in [4.69, 9.17) is 23.9 Å². The molecule has 1 aromatic heterocycles. The van der Waals surface area contributed by atoms with Crippen molar-refractivity contribution in [1.29, 1.82) is 0 Å². The number of aromatic nitrogens is 2. The molecule has 1 N–H and O–H groups in total. The number of anilines is 2. The van der Waals surface area contributed by atoms with Crippen molar-refractivity contribution < 1.29 is 18.9 Å². The number of nitrogens with zero attached hydrogens (tertiary/aromatic N) is 2. The molecule has 3 aromatic rings. The van der Waals surface area contributed by atoms with E-state index in [1.165, 1.54) is 5.56 Å². The molecule has 0 bridgehead atoms. The first kappa shape index (κ1) is 21.5. The minimum absolute atomic E-state index is 0. The van der Waals surface area contributed by atoms with Gasteiger partial charge in [-0.2, -0.15) is 0 Å². The van der Waals surface area contributed by atoms with Crippen molar-refractivity contribution in [3.8, 4) is 34.3 Å². The van der Waals surface area contributed by atoms with Crippen LogP contribution in [0.4, 0.5) is 11.6 Å². The Morgan fingerprint density at radius 1 is 0.833 bits per heavy atom. The minimum Gasteiger partial charge on any atom is -0.497 e. The number of methoxy groups -OCH3 is 4. The normalized spacial score (nSPS) is 11.5. The molecule has 1 heterocycles. The fourth-order valence-electron chi connectivity index (χ4n) is 3.57. The first-order valence-corrected chi connectivity index (χ1v) is 9.27. The van der Waals surface area contributed by atoms with Gasteiger partial charge in [0.25, 0.3) is 0 Å². The van der Waals surface area contributed by atoms with E-state index >= 15 is 0 Å². The lowest BCUT2D eigenvalue weighted by molar-refractivity contribution is 0.324. The van der Waals surface area contributed by atoms with Crippen LogP contribution in [0.15, 0.2) is 36.5 Å². The van der Waals surface area contributed by atoms with Crippen molar-refractivity contribution in [2.75, 3.05) is 33.8 Å². The third-order valence-electron chi connectivity index (χ3n) is 5.02. The van der Waals surface area contributed by atoms with Crippen molar-refractivity contribution in [3.05, 3.63) is 47.7 Å². The van der Waals surface area contributed by atoms with E-state index in [0.717, 1.165) is 41.1 Å². The predicted octanol–water partition coefficient (Wildman–Crippen LogP) is 4.44. The Kier molecular flexibility index (Phi) is 6.52. The van der Waals surface area contributed by atoms with Crippen molar-refractivity contribution in [1.82, 2.24) is 9.97 Å². The summed E-state index contributed by atoms with van der Waals surface area (Å²) in [6.07, 6.45) is 3.73. The van der Waals surface area contributed by atoms with Crippen LogP contribution in [0.1, 0.15) is 11.1 Å². The molecular formula is C22H24ClN3O4.